The van der Waals surface area contributed by atoms with Gasteiger partial charge in [0.1, 0.15) is 5.75 Å². The summed E-state index contributed by atoms with van der Waals surface area (Å²) in [6, 6.07) is 9.67. The maximum atomic E-state index is 12.4. The smallest absolute Gasteiger partial charge is 0.239 e. The molecule has 2 aliphatic rings. The predicted molar refractivity (Wildman–Crippen MR) is 100 cm³/mol. The van der Waals surface area contributed by atoms with Gasteiger partial charge in [-0.15, -0.1) is 0 Å². The predicted octanol–water partition coefficient (Wildman–Crippen LogP) is 1.09. The number of rotatable bonds is 8. The minimum atomic E-state index is -0.258. The van der Waals surface area contributed by atoms with E-state index in [-0.39, 0.29) is 42.6 Å². The molecule has 1 aromatic carbocycles. The number of amides is 3. The zero-order chi connectivity index (χ0) is 19.1. The first-order chi connectivity index (χ1) is 13.1. The van der Waals surface area contributed by atoms with Gasteiger partial charge in [-0.1, -0.05) is 18.2 Å². The summed E-state index contributed by atoms with van der Waals surface area (Å²) in [5.74, 6) is 0.179. The molecule has 3 rings (SSSR count). The molecule has 7 nitrogen and oxygen atoms in total. The van der Waals surface area contributed by atoms with Crippen molar-refractivity contribution < 1.29 is 19.1 Å². The standard InChI is InChI=1S/C20H27N3O4/c24-18(22-16-8-9-16)13-21-20(26)15-5-4-11-23(14-15)19(25)10-12-27-17-6-2-1-3-7-17/h1-3,6-7,15-16H,4-5,8-14H2,(H,21,26)(H,22,24)/t15-/m1/s1. The number of para-hydroxylation sites is 1. The van der Waals surface area contributed by atoms with Crippen LogP contribution in [0.2, 0.25) is 0 Å². The fourth-order valence-corrected chi connectivity index (χ4v) is 3.17. The lowest BCUT2D eigenvalue weighted by Gasteiger charge is -2.32. The lowest BCUT2D eigenvalue weighted by Crippen LogP contribution is -2.47. The minimum absolute atomic E-state index is 0.00466. The Morgan fingerprint density at radius 1 is 1.11 bits per heavy atom. The molecule has 1 saturated heterocycles. The van der Waals surface area contributed by atoms with Crippen molar-refractivity contribution in [2.45, 2.75) is 38.1 Å². The van der Waals surface area contributed by atoms with Crippen molar-refractivity contribution in [3.8, 4) is 5.75 Å². The van der Waals surface area contributed by atoms with E-state index < -0.39 is 0 Å². The van der Waals surface area contributed by atoms with Crippen LogP contribution in [0.1, 0.15) is 32.1 Å². The summed E-state index contributed by atoms with van der Waals surface area (Å²) in [6.07, 6.45) is 3.85. The van der Waals surface area contributed by atoms with Crippen molar-refractivity contribution in [1.29, 1.82) is 0 Å². The molecule has 2 fully saturated rings. The highest BCUT2D eigenvalue weighted by atomic mass is 16.5. The van der Waals surface area contributed by atoms with Gasteiger partial charge in [0, 0.05) is 19.1 Å². The zero-order valence-corrected chi connectivity index (χ0v) is 15.5. The number of ether oxygens (including phenoxy) is 1. The number of nitrogens with one attached hydrogen (secondary N) is 2. The van der Waals surface area contributed by atoms with E-state index in [0.29, 0.717) is 19.7 Å². The van der Waals surface area contributed by atoms with Crippen LogP contribution in [0.4, 0.5) is 0 Å². The van der Waals surface area contributed by atoms with Gasteiger partial charge in [0.15, 0.2) is 0 Å². The summed E-state index contributed by atoms with van der Waals surface area (Å²) in [6.45, 7) is 1.39. The number of benzene rings is 1. The summed E-state index contributed by atoms with van der Waals surface area (Å²) in [5.41, 5.74) is 0. The molecular formula is C20H27N3O4. The average molecular weight is 373 g/mol. The first-order valence-electron chi connectivity index (χ1n) is 9.64. The number of hydrogen-bond acceptors (Lipinski definition) is 4. The Kier molecular flexibility index (Phi) is 6.68. The highest BCUT2D eigenvalue weighted by Gasteiger charge is 2.29. The van der Waals surface area contributed by atoms with Crippen LogP contribution >= 0.6 is 0 Å². The second kappa shape index (κ2) is 9.39. The van der Waals surface area contributed by atoms with Crippen LogP contribution in [-0.2, 0) is 14.4 Å². The normalized spacial score (nSPS) is 19.3. The molecule has 1 heterocycles. The van der Waals surface area contributed by atoms with E-state index in [0.717, 1.165) is 31.4 Å². The van der Waals surface area contributed by atoms with Gasteiger partial charge in [0.05, 0.1) is 25.5 Å². The molecule has 1 saturated carbocycles. The molecule has 1 atom stereocenters. The summed E-state index contributed by atoms with van der Waals surface area (Å²) in [5, 5.41) is 5.54. The number of hydrogen-bond donors (Lipinski definition) is 2. The summed E-state index contributed by atoms with van der Waals surface area (Å²) in [7, 11) is 0. The van der Waals surface area contributed by atoms with E-state index >= 15 is 0 Å². The Morgan fingerprint density at radius 2 is 1.89 bits per heavy atom. The lowest BCUT2D eigenvalue weighted by atomic mass is 9.97. The van der Waals surface area contributed by atoms with E-state index in [1.807, 2.05) is 30.3 Å². The molecule has 1 aliphatic carbocycles. The fourth-order valence-electron chi connectivity index (χ4n) is 3.17. The monoisotopic (exact) mass is 373 g/mol. The molecule has 0 radical (unpaired) electrons. The molecule has 2 N–H and O–H groups in total. The van der Waals surface area contributed by atoms with E-state index in [1.54, 1.807) is 4.90 Å². The van der Waals surface area contributed by atoms with Crippen LogP contribution < -0.4 is 15.4 Å². The Hall–Kier alpha value is -2.57. The first kappa shape index (κ1) is 19.2. The number of nitrogens with zero attached hydrogens (tertiary/aromatic N) is 1. The Bertz CT molecular complexity index is 660. The van der Waals surface area contributed by atoms with Crippen LogP contribution in [-0.4, -0.2) is 54.9 Å². The molecule has 0 spiro atoms. The second-order valence-corrected chi connectivity index (χ2v) is 7.15. The van der Waals surface area contributed by atoms with Crippen LogP contribution in [0.15, 0.2) is 30.3 Å². The molecule has 0 aromatic heterocycles. The molecular weight excluding hydrogens is 346 g/mol. The second-order valence-electron chi connectivity index (χ2n) is 7.15. The molecule has 1 aromatic rings. The minimum Gasteiger partial charge on any atom is -0.493 e. The third kappa shape index (κ3) is 6.27. The summed E-state index contributed by atoms with van der Waals surface area (Å²) >= 11 is 0. The number of carbonyl (C=O) groups excluding carboxylic acids is 3. The summed E-state index contributed by atoms with van der Waals surface area (Å²) < 4.78 is 5.57. The average Bonchev–Trinajstić information content (AvgIpc) is 3.51. The van der Waals surface area contributed by atoms with Crippen LogP contribution in [0.5, 0.6) is 5.75 Å². The molecule has 7 heteroatoms. The molecule has 0 bridgehead atoms. The van der Waals surface area contributed by atoms with Crippen molar-refractivity contribution in [3.05, 3.63) is 30.3 Å². The van der Waals surface area contributed by atoms with E-state index in [9.17, 15) is 14.4 Å². The number of piperidine rings is 1. The van der Waals surface area contributed by atoms with Gasteiger partial charge < -0.3 is 20.3 Å². The van der Waals surface area contributed by atoms with E-state index in [2.05, 4.69) is 10.6 Å². The SMILES string of the molecule is O=C(CNC(=O)[C@@H]1CCCN(C(=O)CCOc2ccccc2)C1)NC1CC1. The lowest BCUT2D eigenvalue weighted by molar-refractivity contribution is -0.136. The molecule has 1 aliphatic heterocycles. The van der Waals surface area contributed by atoms with Crippen LogP contribution in [0.25, 0.3) is 0 Å². The summed E-state index contributed by atoms with van der Waals surface area (Å²) in [4.78, 5) is 38.1. The maximum Gasteiger partial charge on any atom is 0.239 e. The molecule has 0 unspecified atom stereocenters. The van der Waals surface area contributed by atoms with Crippen molar-refractivity contribution in [3.63, 3.8) is 0 Å². The van der Waals surface area contributed by atoms with Gasteiger partial charge >= 0.3 is 0 Å². The van der Waals surface area contributed by atoms with Crippen molar-refractivity contribution in [2.75, 3.05) is 26.2 Å². The van der Waals surface area contributed by atoms with Gasteiger partial charge in [0.2, 0.25) is 17.7 Å². The van der Waals surface area contributed by atoms with Crippen LogP contribution in [0, 0.1) is 5.92 Å². The fraction of sp³-hybridized carbons (Fsp3) is 0.550. The zero-order valence-electron chi connectivity index (χ0n) is 15.5. The van der Waals surface area contributed by atoms with Crippen molar-refractivity contribution in [1.82, 2.24) is 15.5 Å². The Labute approximate surface area is 159 Å². The van der Waals surface area contributed by atoms with Gasteiger partial charge in [-0.05, 0) is 37.8 Å². The van der Waals surface area contributed by atoms with Gasteiger partial charge in [-0.2, -0.15) is 0 Å². The highest BCUT2D eigenvalue weighted by molar-refractivity contribution is 5.86. The molecule has 146 valence electrons. The third-order valence-electron chi connectivity index (χ3n) is 4.84. The first-order valence-corrected chi connectivity index (χ1v) is 9.64. The largest absolute Gasteiger partial charge is 0.493 e. The van der Waals surface area contributed by atoms with Gasteiger partial charge in [-0.25, -0.2) is 0 Å². The Morgan fingerprint density at radius 3 is 2.63 bits per heavy atom. The number of carbonyl (C=O) groups is 3. The van der Waals surface area contributed by atoms with Crippen molar-refractivity contribution >= 4 is 17.7 Å². The van der Waals surface area contributed by atoms with Crippen molar-refractivity contribution in [2.24, 2.45) is 5.92 Å². The van der Waals surface area contributed by atoms with E-state index in [4.69, 9.17) is 4.74 Å². The topological polar surface area (TPSA) is 87.7 Å². The Balaban J connectivity index is 1.37. The third-order valence-corrected chi connectivity index (χ3v) is 4.84. The van der Waals surface area contributed by atoms with Gasteiger partial charge in [-0.3, -0.25) is 14.4 Å². The highest BCUT2D eigenvalue weighted by Crippen LogP contribution is 2.19. The quantitative estimate of drug-likeness (QED) is 0.714. The maximum absolute atomic E-state index is 12.4. The molecule has 27 heavy (non-hydrogen) atoms. The number of likely N-dealkylation sites (tertiary alicyclic amines) is 1. The molecule has 3 amide bonds. The van der Waals surface area contributed by atoms with E-state index in [1.165, 1.54) is 0 Å². The van der Waals surface area contributed by atoms with Gasteiger partial charge in [0.25, 0.3) is 0 Å². The van der Waals surface area contributed by atoms with Crippen LogP contribution in [0.3, 0.4) is 0 Å².